The third-order valence-electron chi connectivity index (χ3n) is 3.68. The van der Waals surface area contributed by atoms with E-state index in [1.165, 1.54) is 0 Å². The van der Waals surface area contributed by atoms with Gasteiger partial charge in [0.05, 0.1) is 11.8 Å². The molecule has 0 bridgehead atoms. The molecule has 6 heteroatoms. The van der Waals surface area contributed by atoms with Crippen LogP contribution in [0.5, 0.6) is 0 Å². The quantitative estimate of drug-likeness (QED) is 0.716. The maximum absolute atomic E-state index is 12.1. The van der Waals surface area contributed by atoms with Crippen molar-refractivity contribution in [2.24, 2.45) is 0 Å². The van der Waals surface area contributed by atoms with Crippen LogP contribution in [0.3, 0.4) is 0 Å². The van der Waals surface area contributed by atoms with Crippen LogP contribution in [0.15, 0.2) is 36.4 Å². The number of aliphatic hydroxyl groups is 1. The van der Waals surface area contributed by atoms with Gasteiger partial charge in [-0.05, 0) is 44.4 Å². The van der Waals surface area contributed by atoms with Gasteiger partial charge in [-0.15, -0.1) is 0 Å². The van der Waals surface area contributed by atoms with E-state index >= 15 is 0 Å². The normalized spacial score (nSPS) is 13.2. The van der Waals surface area contributed by atoms with Gasteiger partial charge in [0.25, 0.3) is 0 Å². The highest BCUT2D eigenvalue weighted by Gasteiger charge is 2.16. The van der Waals surface area contributed by atoms with Gasteiger partial charge >= 0.3 is 6.03 Å². The summed E-state index contributed by atoms with van der Waals surface area (Å²) in [5.41, 5.74) is 2.96. The van der Waals surface area contributed by atoms with Crippen molar-refractivity contribution < 1.29 is 9.90 Å². The zero-order valence-electron chi connectivity index (χ0n) is 14.0. The predicted octanol–water partition coefficient (Wildman–Crippen LogP) is 3.99. The van der Waals surface area contributed by atoms with Gasteiger partial charge in [-0.25, -0.2) is 9.78 Å². The average molecular weight is 348 g/mol. The van der Waals surface area contributed by atoms with E-state index in [1.54, 1.807) is 0 Å². The summed E-state index contributed by atoms with van der Waals surface area (Å²) in [6.07, 6.45) is -0.219. The molecule has 2 aromatic rings. The zero-order chi connectivity index (χ0) is 17.7. The van der Waals surface area contributed by atoms with Gasteiger partial charge in [0.15, 0.2) is 5.15 Å². The fourth-order valence-electron chi connectivity index (χ4n) is 2.52. The van der Waals surface area contributed by atoms with Crippen molar-refractivity contribution in [2.75, 3.05) is 5.32 Å². The number of aryl methyl sites for hydroxylation is 2. The highest BCUT2D eigenvalue weighted by Crippen LogP contribution is 2.24. The van der Waals surface area contributed by atoms with Crippen LogP contribution in [0.25, 0.3) is 0 Å². The molecular formula is C18H22ClN3O2. The molecular weight excluding hydrogens is 326 g/mol. The smallest absolute Gasteiger partial charge is 0.319 e. The molecule has 0 saturated carbocycles. The van der Waals surface area contributed by atoms with Crippen LogP contribution in [0.4, 0.5) is 10.5 Å². The number of carbonyl (C=O) groups is 1. The molecule has 0 aliphatic carbocycles. The standard InChI is InChI=1S/C18H22ClN3O2/c1-11-9-12(2)20-17(19)16(11)22-18(24)21-13(3)10-15(23)14-7-5-4-6-8-14/h4-9,13,15,23H,10H2,1-3H3,(H2,21,22,24). The SMILES string of the molecule is Cc1cc(C)c(NC(=O)NC(C)CC(O)c2ccccc2)c(Cl)n1. The van der Waals surface area contributed by atoms with Crippen LogP contribution < -0.4 is 10.6 Å². The van der Waals surface area contributed by atoms with Crippen molar-refractivity contribution >= 4 is 23.3 Å². The van der Waals surface area contributed by atoms with Gasteiger partial charge in [-0.1, -0.05) is 41.9 Å². The third-order valence-corrected chi connectivity index (χ3v) is 3.95. The fourth-order valence-corrected chi connectivity index (χ4v) is 2.85. The van der Waals surface area contributed by atoms with Gasteiger partial charge in [0, 0.05) is 11.7 Å². The largest absolute Gasteiger partial charge is 0.388 e. The number of nitrogens with zero attached hydrogens (tertiary/aromatic N) is 1. The Morgan fingerprint density at radius 1 is 1.29 bits per heavy atom. The molecule has 24 heavy (non-hydrogen) atoms. The molecule has 0 spiro atoms. The van der Waals surface area contributed by atoms with E-state index in [2.05, 4.69) is 15.6 Å². The number of urea groups is 1. The first-order valence-electron chi connectivity index (χ1n) is 7.81. The minimum atomic E-state index is -0.632. The summed E-state index contributed by atoms with van der Waals surface area (Å²) < 4.78 is 0. The Morgan fingerprint density at radius 3 is 2.58 bits per heavy atom. The summed E-state index contributed by atoms with van der Waals surface area (Å²) in [7, 11) is 0. The number of amides is 2. The zero-order valence-corrected chi connectivity index (χ0v) is 14.8. The van der Waals surface area contributed by atoms with Crippen LogP contribution in [0.1, 0.15) is 36.3 Å². The minimum absolute atomic E-state index is 0.210. The van der Waals surface area contributed by atoms with E-state index in [-0.39, 0.29) is 17.2 Å². The van der Waals surface area contributed by atoms with Crippen LogP contribution in [-0.2, 0) is 0 Å². The van der Waals surface area contributed by atoms with Gasteiger partial charge < -0.3 is 15.7 Å². The topological polar surface area (TPSA) is 74.2 Å². The summed E-state index contributed by atoms with van der Waals surface area (Å²) in [6.45, 7) is 5.54. The highest BCUT2D eigenvalue weighted by molar-refractivity contribution is 6.32. The number of nitrogens with one attached hydrogen (secondary N) is 2. The van der Waals surface area contributed by atoms with Crippen molar-refractivity contribution in [2.45, 2.75) is 39.3 Å². The molecule has 1 aromatic carbocycles. The molecule has 1 aromatic heterocycles. The van der Waals surface area contributed by atoms with E-state index in [1.807, 2.05) is 57.2 Å². The molecule has 128 valence electrons. The Kier molecular flexibility index (Phi) is 6.17. The Labute approximate surface area is 147 Å². The Hall–Kier alpha value is -2.11. The number of benzene rings is 1. The summed E-state index contributed by atoms with van der Waals surface area (Å²) in [5.74, 6) is 0. The van der Waals surface area contributed by atoms with Gasteiger partial charge in [-0.3, -0.25) is 0 Å². The van der Waals surface area contributed by atoms with Crippen molar-refractivity contribution in [1.29, 1.82) is 0 Å². The van der Waals surface area contributed by atoms with Crippen molar-refractivity contribution in [3.8, 4) is 0 Å². The molecule has 2 amide bonds. The monoisotopic (exact) mass is 347 g/mol. The molecule has 2 atom stereocenters. The van der Waals surface area contributed by atoms with Crippen molar-refractivity contribution in [3.63, 3.8) is 0 Å². The van der Waals surface area contributed by atoms with E-state index in [0.717, 1.165) is 16.8 Å². The Balaban J connectivity index is 1.93. The Bertz CT molecular complexity index is 684. The summed E-state index contributed by atoms with van der Waals surface area (Å²) in [5, 5.41) is 16.0. The van der Waals surface area contributed by atoms with Gasteiger partial charge in [-0.2, -0.15) is 0 Å². The number of pyridine rings is 1. The molecule has 0 aliphatic rings. The number of halogens is 1. The van der Waals surface area contributed by atoms with Crippen LogP contribution >= 0.6 is 11.6 Å². The van der Waals surface area contributed by atoms with Crippen LogP contribution in [0.2, 0.25) is 5.15 Å². The van der Waals surface area contributed by atoms with E-state index in [4.69, 9.17) is 11.6 Å². The molecule has 2 unspecified atom stereocenters. The predicted molar refractivity (Wildman–Crippen MR) is 96.4 cm³/mol. The number of carbonyl (C=O) groups excluding carboxylic acids is 1. The lowest BCUT2D eigenvalue weighted by atomic mass is 10.0. The maximum atomic E-state index is 12.1. The van der Waals surface area contributed by atoms with E-state index < -0.39 is 6.10 Å². The number of hydrogen-bond acceptors (Lipinski definition) is 3. The molecule has 0 radical (unpaired) electrons. The van der Waals surface area contributed by atoms with Crippen molar-refractivity contribution in [1.82, 2.24) is 10.3 Å². The average Bonchev–Trinajstić information content (AvgIpc) is 2.51. The number of aromatic nitrogens is 1. The van der Waals surface area contributed by atoms with E-state index in [9.17, 15) is 9.90 Å². The van der Waals surface area contributed by atoms with Crippen LogP contribution in [-0.4, -0.2) is 22.2 Å². The molecule has 0 aliphatic heterocycles. The highest BCUT2D eigenvalue weighted by atomic mass is 35.5. The summed E-state index contributed by atoms with van der Waals surface area (Å²) in [4.78, 5) is 16.3. The van der Waals surface area contributed by atoms with Gasteiger partial charge in [0.2, 0.25) is 0 Å². The lowest BCUT2D eigenvalue weighted by Crippen LogP contribution is -2.37. The Morgan fingerprint density at radius 2 is 1.96 bits per heavy atom. The second-order valence-electron chi connectivity index (χ2n) is 5.91. The fraction of sp³-hybridized carbons (Fsp3) is 0.333. The first-order chi connectivity index (χ1) is 11.4. The molecule has 0 fully saturated rings. The third kappa shape index (κ3) is 4.94. The second-order valence-corrected chi connectivity index (χ2v) is 6.27. The lowest BCUT2D eigenvalue weighted by Gasteiger charge is -2.19. The molecule has 3 N–H and O–H groups in total. The number of hydrogen-bond donors (Lipinski definition) is 3. The first-order valence-corrected chi connectivity index (χ1v) is 8.19. The number of anilines is 1. The van der Waals surface area contributed by atoms with E-state index in [0.29, 0.717) is 12.1 Å². The molecule has 0 saturated heterocycles. The van der Waals surface area contributed by atoms with Gasteiger partial charge in [0.1, 0.15) is 0 Å². The second kappa shape index (κ2) is 8.13. The number of aliphatic hydroxyl groups excluding tert-OH is 1. The first kappa shape index (κ1) is 18.2. The van der Waals surface area contributed by atoms with Crippen molar-refractivity contribution in [3.05, 3.63) is 58.4 Å². The lowest BCUT2D eigenvalue weighted by molar-refractivity contribution is 0.155. The summed E-state index contributed by atoms with van der Waals surface area (Å²) in [6, 6.07) is 10.6. The molecule has 5 nitrogen and oxygen atoms in total. The minimum Gasteiger partial charge on any atom is -0.388 e. The molecule has 1 heterocycles. The summed E-state index contributed by atoms with van der Waals surface area (Å²) >= 11 is 6.09. The maximum Gasteiger partial charge on any atom is 0.319 e. The van der Waals surface area contributed by atoms with Crippen LogP contribution in [0, 0.1) is 13.8 Å². The number of rotatable bonds is 5. The molecule has 2 rings (SSSR count).